The molecular weight excluding hydrogens is 381 g/mol. The van der Waals surface area contributed by atoms with E-state index in [1.54, 1.807) is 18.2 Å². The molecule has 0 aliphatic carbocycles. The first-order chi connectivity index (χ1) is 13.5. The Balaban J connectivity index is 1.71. The number of halogens is 2. The van der Waals surface area contributed by atoms with Gasteiger partial charge < -0.3 is 10.1 Å². The molecule has 0 unspecified atom stereocenters. The van der Waals surface area contributed by atoms with Gasteiger partial charge >= 0.3 is 0 Å². The summed E-state index contributed by atoms with van der Waals surface area (Å²) in [4.78, 5) is 20.3. The highest BCUT2D eigenvalue weighted by Gasteiger charge is 2.23. The average Bonchev–Trinajstić information content (AvgIpc) is 2.71. The minimum atomic E-state index is -0.440. The number of allylic oxidation sites excluding steroid dienone is 2. The molecule has 3 aromatic rings. The van der Waals surface area contributed by atoms with E-state index < -0.39 is 11.7 Å². The summed E-state index contributed by atoms with van der Waals surface area (Å²) in [6.07, 6.45) is 5.95. The molecule has 0 fully saturated rings. The minimum Gasteiger partial charge on any atom is -0.454 e. The van der Waals surface area contributed by atoms with Crippen LogP contribution in [0.3, 0.4) is 0 Å². The zero-order chi connectivity index (χ0) is 19.7. The Labute approximate surface area is 165 Å². The largest absolute Gasteiger partial charge is 0.454 e. The van der Waals surface area contributed by atoms with E-state index in [2.05, 4.69) is 21.9 Å². The van der Waals surface area contributed by atoms with Gasteiger partial charge in [0, 0.05) is 23.5 Å². The van der Waals surface area contributed by atoms with Crippen LogP contribution < -0.4 is 10.1 Å². The van der Waals surface area contributed by atoms with Crippen molar-refractivity contribution in [2.24, 2.45) is 0 Å². The topological polar surface area (TPSA) is 64.1 Å². The summed E-state index contributed by atoms with van der Waals surface area (Å²) in [6, 6.07) is 9.29. The first kappa shape index (κ1) is 17.9. The smallest absolute Gasteiger partial charge is 0.275 e. The fourth-order valence-electron chi connectivity index (χ4n) is 2.80. The van der Waals surface area contributed by atoms with Gasteiger partial charge in [0.2, 0.25) is 0 Å². The molecule has 0 saturated carbocycles. The summed E-state index contributed by atoms with van der Waals surface area (Å²) < 4.78 is 19.7. The van der Waals surface area contributed by atoms with Gasteiger partial charge in [-0.2, -0.15) is 0 Å². The van der Waals surface area contributed by atoms with Gasteiger partial charge in [0.05, 0.1) is 16.9 Å². The van der Waals surface area contributed by atoms with Crippen LogP contribution in [0.5, 0.6) is 5.75 Å². The van der Waals surface area contributed by atoms with Crippen molar-refractivity contribution in [2.45, 2.75) is 0 Å². The first-order valence-electron chi connectivity index (χ1n) is 8.27. The molecule has 0 saturated heterocycles. The standard InChI is InChI=1S/C21H13ClFN3O2/c1-12-9-19(15-10-13(23)5-6-16(15)22)28-20-14(12)3-2-4-17(20)26-21(27)18-11-24-7-8-25-18/h2-11H,1H2,(H,26,27). The van der Waals surface area contributed by atoms with Crippen molar-refractivity contribution < 1.29 is 13.9 Å². The number of nitrogens with zero attached hydrogens (tertiary/aromatic N) is 2. The van der Waals surface area contributed by atoms with E-state index in [9.17, 15) is 9.18 Å². The molecular formula is C21H13ClFN3O2. The van der Waals surface area contributed by atoms with Crippen LogP contribution in [0.25, 0.3) is 11.3 Å². The third-order valence-electron chi connectivity index (χ3n) is 4.12. The molecule has 1 aliphatic rings. The van der Waals surface area contributed by atoms with Crippen LogP contribution in [0.15, 0.2) is 67.6 Å². The predicted octanol–water partition coefficient (Wildman–Crippen LogP) is 4.97. The van der Waals surface area contributed by atoms with Gasteiger partial charge in [-0.05, 0) is 35.9 Å². The minimum absolute atomic E-state index is 0.165. The number of ether oxygens (including phenoxy) is 1. The summed E-state index contributed by atoms with van der Waals surface area (Å²) in [5.74, 6) is -0.147. The lowest BCUT2D eigenvalue weighted by molar-refractivity contribution is 0.102. The quantitative estimate of drug-likeness (QED) is 0.682. The Morgan fingerprint density at radius 1 is 1.18 bits per heavy atom. The zero-order valence-corrected chi connectivity index (χ0v) is 15.2. The molecule has 0 atom stereocenters. The van der Waals surface area contributed by atoms with Crippen LogP contribution in [-0.2, 0) is 0 Å². The maximum atomic E-state index is 13.7. The maximum Gasteiger partial charge on any atom is 0.275 e. The SMILES string of the molecule is C=C1C=C(c2cc(F)ccc2Cl)Oc2c(NC(=O)c3cnccn3)cccc21. The summed E-state index contributed by atoms with van der Waals surface area (Å²) >= 11 is 6.21. The highest BCUT2D eigenvalue weighted by molar-refractivity contribution is 6.32. The second-order valence-corrected chi connectivity index (χ2v) is 6.39. The van der Waals surface area contributed by atoms with Crippen molar-refractivity contribution in [3.05, 3.63) is 95.3 Å². The van der Waals surface area contributed by atoms with E-state index in [0.717, 1.165) is 0 Å². The molecule has 7 heteroatoms. The molecule has 28 heavy (non-hydrogen) atoms. The zero-order valence-electron chi connectivity index (χ0n) is 14.4. The van der Waals surface area contributed by atoms with Crippen molar-refractivity contribution in [3.63, 3.8) is 0 Å². The fourth-order valence-corrected chi connectivity index (χ4v) is 3.01. The summed E-state index contributed by atoms with van der Waals surface area (Å²) in [5, 5.41) is 3.10. The van der Waals surface area contributed by atoms with Crippen LogP contribution in [0.2, 0.25) is 5.02 Å². The van der Waals surface area contributed by atoms with Crippen molar-refractivity contribution in [1.29, 1.82) is 0 Å². The van der Waals surface area contributed by atoms with Crippen LogP contribution >= 0.6 is 11.6 Å². The van der Waals surface area contributed by atoms with Gasteiger partial charge in [0.1, 0.15) is 17.3 Å². The number of nitrogens with one attached hydrogen (secondary N) is 1. The van der Waals surface area contributed by atoms with E-state index in [4.69, 9.17) is 16.3 Å². The number of rotatable bonds is 3. The van der Waals surface area contributed by atoms with Crippen LogP contribution in [-0.4, -0.2) is 15.9 Å². The van der Waals surface area contributed by atoms with Gasteiger partial charge in [-0.1, -0.05) is 30.3 Å². The van der Waals surface area contributed by atoms with Crippen molar-refractivity contribution in [3.8, 4) is 5.75 Å². The Morgan fingerprint density at radius 3 is 2.82 bits per heavy atom. The van der Waals surface area contributed by atoms with Crippen molar-refractivity contribution in [2.75, 3.05) is 5.32 Å². The Hall–Kier alpha value is -3.51. The van der Waals surface area contributed by atoms with Gasteiger partial charge in [0.15, 0.2) is 5.75 Å². The molecule has 5 nitrogen and oxygen atoms in total. The first-order valence-corrected chi connectivity index (χ1v) is 8.65. The summed E-state index contributed by atoms with van der Waals surface area (Å²) in [7, 11) is 0. The second-order valence-electron chi connectivity index (χ2n) is 5.99. The number of carbonyl (C=O) groups is 1. The molecule has 2 heterocycles. The van der Waals surface area contributed by atoms with E-state index in [1.807, 2.05) is 6.07 Å². The number of benzene rings is 2. The fraction of sp³-hybridized carbons (Fsp3) is 0. The van der Waals surface area contributed by atoms with Gasteiger partial charge in [0.25, 0.3) is 5.91 Å². The molecule has 138 valence electrons. The second kappa shape index (κ2) is 7.25. The van der Waals surface area contributed by atoms with Gasteiger partial charge in [-0.15, -0.1) is 0 Å². The Bertz CT molecular complexity index is 1130. The predicted molar refractivity (Wildman–Crippen MR) is 105 cm³/mol. The molecule has 2 aromatic carbocycles. The van der Waals surface area contributed by atoms with Crippen LogP contribution in [0.4, 0.5) is 10.1 Å². The third kappa shape index (κ3) is 3.37. The maximum absolute atomic E-state index is 13.7. The van der Waals surface area contributed by atoms with E-state index in [-0.39, 0.29) is 5.69 Å². The average molecular weight is 394 g/mol. The number of para-hydroxylation sites is 1. The Morgan fingerprint density at radius 2 is 2.04 bits per heavy atom. The molecule has 1 aromatic heterocycles. The van der Waals surface area contributed by atoms with Crippen LogP contribution in [0, 0.1) is 5.82 Å². The molecule has 0 spiro atoms. The molecule has 0 bridgehead atoms. The summed E-state index contributed by atoms with van der Waals surface area (Å²) in [6.45, 7) is 4.03. The molecule has 0 radical (unpaired) electrons. The lowest BCUT2D eigenvalue weighted by Gasteiger charge is -2.23. The number of fused-ring (bicyclic) bond motifs is 1. The number of amides is 1. The highest BCUT2D eigenvalue weighted by atomic mass is 35.5. The summed E-state index contributed by atoms with van der Waals surface area (Å²) in [5.41, 5.74) is 2.33. The normalized spacial score (nSPS) is 12.6. The monoisotopic (exact) mass is 393 g/mol. The van der Waals surface area contributed by atoms with E-state index >= 15 is 0 Å². The van der Waals surface area contributed by atoms with Gasteiger partial charge in [-0.3, -0.25) is 9.78 Å². The van der Waals surface area contributed by atoms with E-state index in [1.165, 1.54) is 36.8 Å². The lowest BCUT2D eigenvalue weighted by atomic mass is 10.00. The molecule has 1 amide bonds. The molecule has 1 N–H and O–H groups in total. The Kier molecular flexibility index (Phi) is 4.63. The number of carbonyl (C=O) groups excluding carboxylic acids is 1. The van der Waals surface area contributed by atoms with Crippen LogP contribution in [0.1, 0.15) is 21.6 Å². The third-order valence-corrected chi connectivity index (χ3v) is 4.45. The lowest BCUT2D eigenvalue weighted by Crippen LogP contribution is -2.15. The van der Waals surface area contributed by atoms with Crippen molar-refractivity contribution in [1.82, 2.24) is 9.97 Å². The van der Waals surface area contributed by atoms with Crippen molar-refractivity contribution >= 4 is 34.5 Å². The number of anilines is 1. The van der Waals surface area contributed by atoms with E-state index in [0.29, 0.717) is 38.9 Å². The number of aromatic nitrogens is 2. The number of hydrogen-bond acceptors (Lipinski definition) is 4. The number of hydrogen-bond donors (Lipinski definition) is 1. The molecule has 1 aliphatic heterocycles. The molecule has 4 rings (SSSR count). The highest BCUT2D eigenvalue weighted by Crippen LogP contribution is 2.42. The van der Waals surface area contributed by atoms with Gasteiger partial charge in [-0.25, -0.2) is 9.37 Å².